The summed E-state index contributed by atoms with van der Waals surface area (Å²) in [6.45, 7) is 1.82. The molecule has 0 aliphatic carbocycles. The van der Waals surface area contributed by atoms with Gasteiger partial charge in [-0.2, -0.15) is 0 Å². The molecule has 6 heteroatoms. The topological polar surface area (TPSA) is 46.6 Å². The fourth-order valence-corrected chi connectivity index (χ4v) is 3.10. The molecule has 1 aliphatic rings. The van der Waals surface area contributed by atoms with Crippen LogP contribution in [-0.2, 0) is 15.4 Å². The molecule has 0 aromatic heterocycles. The molecule has 3 rings (SSSR count). The van der Waals surface area contributed by atoms with Crippen molar-refractivity contribution in [1.82, 2.24) is 0 Å². The molecular weight excluding hydrogens is 357 g/mol. The van der Waals surface area contributed by atoms with E-state index in [0.29, 0.717) is 36.5 Å². The molecule has 2 aromatic carbocycles. The van der Waals surface area contributed by atoms with Crippen molar-refractivity contribution in [3.63, 3.8) is 0 Å². The molecule has 1 fully saturated rings. The van der Waals surface area contributed by atoms with Crippen molar-refractivity contribution in [2.24, 2.45) is 0 Å². The number of hydrogen-bond acceptors (Lipinski definition) is 3. The van der Waals surface area contributed by atoms with Gasteiger partial charge in [-0.15, -0.1) is 11.6 Å². The largest absolute Gasteiger partial charge is 0.444 e. The average Bonchev–Trinajstić information content (AvgIpc) is 3.01. The van der Waals surface area contributed by atoms with Crippen LogP contribution >= 0.6 is 11.6 Å². The molecule has 1 amide bonds. The molecule has 1 saturated heterocycles. The highest BCUT2D eigenvalue weighted by Gasteiger charge is 2.32. The quantitative estimate of drug-likeness (QED) is 0.673. The van der Waals surface area contributed by atoms with Gasteiger partial charge in [-0.25, -0.2) is 9.18 Å². The van der Waals surface area contributed by atoms with E-state index in [0.717, 1.165) is 11.1 Å². The zero-order valence-electron chi connectivity index (χ0n) is 14.4. The van der Waals surface area contributed by atoms with Crippen molar-refractivity contribution in [1.29, 1.82) is 0 Å². The number of ketones is 1. The second-order valence-corrected chi connectivity index (χ2v) is 6.62. The van der Waals surface area contributed by atoms with Crippen molar-refractivity contribution in [2.75, 3.05) is 11.4 Å². The lowest BCUT2D eigenvalue weighted by Gasteiger charge is -2.14. The molecule has 0 spiro atoms. The van der Waals surface area contributed by atoms with Crippen LogP contribution in [0.25, 0.3) is 11.1 Å². The number of benzene rings is 2. The third-order valence-corrected chi connectivity index (χ3v) is 4.68. The van der Waals surface area contributed by atoms with Gasteiger partial charge in [-0.1, -0.05) is 24.3 Å². The second-order valence-electron chi connectivity index (χ2n) is 6.35. The fraction of sp³-hybridized carbons (Fsp3) is 0.300. The van der Waals surface area contributed by atoms with Gasteiger partial charge in [-0.05, 0) is 42.7 Å². The maximum atomic E-state index is 14.6. The molecule has 0 N–H and O–H groups in total. The first-order valence-electron chi connectivity index (χ1n) is 8.40. The van der Waals surface area contributed by atoms with E-state index in [-0.39, 0.29) is 11.9 Å². The predicted molar refractivity (Wildman–Crippen MR) is 98.9 cm³/mol. The van der Waals surface area contributed by atoms with Gasteiger partial charge in [0.05, 0.1) is 12.2 Å². The SMILES string of the molecule is CC(=O)CC[C@H]1CN(c2ccc(-c3ccc(CCl)cc3)c(F)c2)C(=O)O1. The minimum atomic E-state index is -0.517. The smallest absolute Gasteiger partial charge is 0.414 e. The molecule has 4 nitrogen and oxygen atoms in total. The summed E-state index contributed by atoms with van der Waals surface area (Å²) < 4.78 is 19.9. The van der Waals surface area contributed by atoms with E-state index in [9.17, 15) is 14.0 Å². The second kappa shape index (κ2) is 7.87. The maximum Gasteiger partial charge on any atom is 0.414 e. The summed E-state index contributed by atoms with van der Waals surface area (Å²) in [6, 6.07) is 12.0. The predicted octanol–water partition coefficient (Wildman–Crippen LogP) is 4.93. The van der Waals surface area contributed by atoms with Crippen molar-refractivity contribution < 1.29 is 18.7 Å². The number of rotatable bonds is 6. The number of hydrogen-bond donors (Lipinski definition) is 0. The molecule has 0 saturated carbocycles. The zero-order valence-corrected chi connectivity index (χ0v) is 15.1. The minimum absolute atomic E-state index is 0.0510. The third kappa shape index (κ3) is 4.05. The van der Waals surface area contributed by atoms with Crippen molar-refractivity contribution in [3.05, 3.63) is 53.8 Å². The van der Waals surface area contributed by atoms with Crippen LogP contribution in [0.2, 0.25) is 0 Å². The van der Waals surface area contributed by atoms with Gasteiger partial charge in [-0.3, -0.25) is 4.90 Å². The van der Waals surface area contributed by atoms with E-state index in [1.807, 2.05) is 24.3 Å². The summed E-state index contributed by atoms with van der Waals surface area (Å²) >= 11 is 5.77. The Balaban J connectivity index is 1.76. The van der Waals surface area contributed by atoms with E-state index >= 15 is 0 Å². The molecule has 0 radical (unpaired) electrons. The van der Waals surface area contributed by atoms with Gasteiger partial charge in [0, 0.05) is 17.9 Å². The van der Waals surface area contributed by atoms with Crippen LogP contribution < -0.4 is 4.90 Å². The number of Topliss-reactive ketones (excluding diaryl/α,β-unsaturated/α-hetero) is 1. The maximum absolute atomic E-state index is 14.6. The Labute approximate surface area is 156 Å². The highest BCUT2D eigenvalue weighted by Crippen LogP contribution is 2.30. The third-order valence-electron chi connectivity index (χ3n) is 4.38. The first kappa shape index (κ1) is 18.4. The Morgan fingerprint density at radius 3 is 2.62 bits per heavy atom. The molecular formula is C20H19ClFNO3. The van der Waals surface area contributed by atoms with E-state index in [1.54, 1.807) is 12.1 Å². The average molecular weight is 376 g/mol. The van der Waals surface area contributed by atoms with Gasteiger partial charge in [0.15, 0.2) is 0 Å². The normalized spacial score (nSPS) is 16.7. The monoisotopic (exact) mass is 375 g/mol. The van der Waals surface area contributed by atoms with Crippen molar-refractivity contribution >= 4 is 29.2 Å². The van der Waals surface area contributed by atoms with Gasteiger partial charge in [0.1, 0.15) is 17.7 Å². The lowest BCUT2D eigenvalue weighted by Crippen LogP contribution is -2.24. The number of nitrogens with zero attached hydrogens (tertiary/aromatic N) is 1. The summed E-state index contributed by atoms with van der Waals surface area (Å²) in [5, 5.41) is 0. The number of alkyl halides is 1. The number of carbonyl (C=O) groups excluding carboxylic acids is 2. The van der Waals surface area contributed by atoms with Gasteiger partial charge in [0.25, 0.3) is 0 Å². The fourth-order valence-electron chi connectivity index (χ4n) is 2.93. The highest BCUT2D eigenvalue weighted by molar-refractivity contribution is 6.17. The summed E-state index contributed by atoms with van der Waals surface area (Å²) in [7, 11) is 0. The number of amides is 1. The van der Waals surface area contributed by atoms with Gasteiger partial charge >= 0.3 is 6.09 Å². The standard InChI is InChI=1S/C20H19ClFNO3/c1-13(24)2-8-17-12-23(20(25)26-17)16-7-9-18(19(22)10-16)15-5-3-14(11-21)4-6-15/h3-7,9-10,17H,2,8,11-12H2,1H3/t17-/m0/s1. The molecule has 1 heterocycles. The summed E-state index contributed by atoms with van der Waals surface area (Å²) in [4.78, 5) is 24.5. The Hall–Kier alpha value is -2.40. The first-order chi connectivity index (χ1) is 12.5. The number of cyclic esters (lactones) is 1. The summed E-state index contributed by atoms with van der Waals surface area (Å²) in [6.07, 6.45) is -0.0305. The van der Waals surface area contributed by atoms with E-state index in [4.69, 9.17) is 16.3 Å². The van der Waals surface area contributed by atoms with E-state index in [1.165, 1.54) is 17.9 Å². The molecule has 0 unspecified atom stereocenters. The van der Waals surface area contributed by atoms with Crippen LogP contribution in [0.4, 0.5) is 14.9 Å². The first-order valence-corrected chi connectivity index (χ1v) is 8.94. The molecule has 2 aromatic rings. The van der Waals surface area contributed by atoms with Gasteiger partial charge in [0.2, 0.25) is 0 Å². The summed E-state index contributed by atoms with van der Waals surface area (Å²) in [5.74, 6) is 0.0417. The van der Waals surface area contributed by atoms with E-state index in [2.05, 4.69) is 0 Å². The number of ether oxygens (including phenoxy) is 1. The van der Waals surface area contributed by atoms with Crippen LogP contribution in [0.15, 0.2) is 42.5 Å². The Kier molecular flexibility index (Phi) is 5.57. The van der Waals surface area contributed by atoms with Crippen LogP contribution in [0.3, 0.4) is 0 Å². The number of halogens is 2. The molecule has 1 atom stereocenters. The molecule has 1 aliphatic heterocycles. The Morgan fingerprint density at radius 2 is 2.00 bits per heavy atom. The minimum Gasteiger partial charge on any atom is -0.444 e. The van der Waals surface area contributed by atoms with Crippen molar-refractivity contribution in [3.8, 4) is 11.1 Å². The molecule has 136 valence electrons. The van der Waals surface area contributed by atoms with Gasteiger partial charge < -0.3 is 9.53 Å². The Bertz CT molecular complexity index is 822. The lowest BCUT2D eigenvalue weighted by atomic mass is 10.0. The van der Waals surface area contributed by atoms with Crippen LogP contribution in [0.5, 0.6) is 0 Å². The zero-order chi connectivity index (χ0) is 18.7. The lowest BCUT2D eigenvalue weighted by molar-refractivity contribution is -0.117. The number of anilines is 1. The van der Waals surface area contributed by atoms with E-state index < -0.39 is 11.9 Å². The highest BCUT2D eigenvalue weighted by atomic mass is 35.5. The van der Waals surface area contributed by atoms with Crippen LogP contribution in [-0.4, -0.2) is 24.5 Å². The van der Waals surface area contributed by atoms with Crippen molar-refractivity contribution in [2.45, 2.75) is 31.7 Å². The molecule has 0 bridgehead atoms. The summed E-state index contributed by atoms with van der Waals surface area (Å²) in [5.41, 5.74) is 2.60. The Morgan fingerprint density at radius 1 is 1.27 bits per heavy atom. The van der Waals surface area contributed by atoms with Crippen LogP contribution in [0.1, 0.15) is 25.3 Å². The van der Waals surface area contributed by atoms with Crippen LogP contribution in [0, 0.1) is 5.82 Å². The number of carbonyl (C=O) groups is 2. The molecule has 26 heavy (non-hydrogen) atoms.